The van der Waals surface area contributed by atoms with Crippen LogP contribution in [0.15, 0.2) is 42.5 Å². The van der Waals surface area contributed by atoms with E-state index in [4.69, 9.17) is 11.6 Å². The molecular formula is C19H18ClFN2O2. The second-order valence-corrected chi connectivity index (χ2v) is 6.46. The lowest BCUT2D eigenvalue weighted by Gasteiger charge is -2.20. The van der Waals surface area contributed by atoms with Crippen molar-refractivity contribution in [1.29, 1.82) is 0 Å². The second kappa shape index (κ2) is 7.23. The van der Waals surface area contributed by atoms with Gasteiger partial charge in [0.2, 0.25) is 5.91 Å². The van der Waals surface area contributed by atoms with Crippen LogP contribution in [0.25, 0.3) is 0 Å². The van der Waals surface area contributed by atoms with E-state index in [1.807, 2.05) is 0 Å². The summed E-state index contributed by atoms with van der Waals surface area (Å²) in [6, 6.07) is 11.3. The lowest BCUT2D eigenvalue weighted by Crippen LogP contribution is -2.27. The molecule has 0 saturated carbocycles. The molecule has 0 aliphatic carbocycles. The van der Waals surface area contributed by atoms with Gasteiger partial charge in [0.1, 0.15) is 5.82 Å². The first kappa shape index (κ1) is 17.4. The molecule has 0 bridgehead atoms. The summed E-state index contributed by atoms with van der Waals surface area (Å²) in [4.78, 5) is 27.5. The van der Waals surface area contributed by atoms with Gasteiger partial charge < -0.3 is 9.80 Å². The third kappa shape index (κ3) is 3.66. The Morgan fingerprint density at radius 1 is 1.24 bits per heavy atom. The molecule has 0 spiro atoms. The fourth-order valence-corrected chi connectivity index (χ4v) is 3.14. The lowest BCUT2D eigenvalue weighted by atomic mass is 10.1. The van der Waals surface area contributed by atoms with Gasteiger partial charge in [0.05, 0.1) is 0 Å². The Balaban J connectivity index is 1.73. The molecule has 2 amide bonds. The number of hydrogen-bond acceptors (Lipinski definition) is 2. The minimum absolute atomic E-state index is 0.0801. The number of amides is 2. The summed E-state index contributed by atoms with van der Waals surface area (Å²) in [5.74, 6) is -0.570. The highest BCUT2D eigenvalue weighted by molar-refractivity contribution is 6.31. The molecule has 0 radical (unpaired) electrons. The summed E-state index contributed by atoms with van der Waals surface area (Å²) in [5, 5.41) is 0.294. The van der Waals surface area contributed by atoms with Crippen LogP contribution in [0.1, 0.15) is 28.8 Å². The van der Waals surface area contributed by atoms with Crippen LogP contribution in [-0.4, -0.2) is 30.3 Å². The summed E-state index contributed by atoms with van der Waals surface area (Å²) in [6.45, 7) is 0.786. The minimum Gasteiger partial charge on any atom is -0.337 e. The van der Waals surface area contributed by atoms with Gasteiger partial charge >= 0.3 is 0 Å². The molecule has 4 nitrogen and oxygen atoms in total. The van der Waals surface area contributed by atoms with E-state index in [9.17, 15) is 14.0 Å². The molecule has 2 aromatic rings. The van der Waals surface area contributed by atoms with Gasteiger partial charge in [-0.15, -0.1) is 0 Å². The van der Waals surface area contributed by atoms with E-state index in [0.29, 0.717) is 29.1 Å². The molecule has 25 heavy (non-hydrogen) atoms. The molecule has 1 saturated heterocycles. The van der Waals surface area contributed by atoms with Gasteiger partial charge in [-0.3, -0.25) is 9.59 Å². The molecule has 1 heterocycles. The predicted octanol–water partition coefficient (Wildman–Crippen LogP) is 3.88. The molecule has 0 N–H and O–H groups in total. The van der Waals surface area contributed by atoms with Crippen molar-refractivity contribution in [2.75, 3.05) is 18.5 Å². The smallest absolute Gasteiger partial charge is 0.253 e. The van der Waals surface area contributed by atoms with E-state index >= 15 is 0 Å². The van der Waals surface area contributed by atoms with Gasteiger partial charge in [0, 0.05) is 48.4 Å². The van der Waals surface area contributed by atoms with E-state index in [2.05, 4.69) is 0 Å². The van der Waals surface area contributed by atoms with Gasteiger partial charge in [-0.2, -0.15) is 0 Å². The van der Waals surface area contributed by atoms with Crippen molar-refractivity contribution in [3.8, 4) is 0 Å². The van der Waals surface area contributed by atoms with Crippen molar-refractivity contribution in [2.24, 2.45) is 0 Å². The maximum absolute atomic E-state index is 13.9. The summed E-state index contributed by atoms with van der Waals surface area (Å²) in [5.41, 5.74) is 1.56. The Bertz CT molecular complexity index is 787. The number of rotatable bonds is 4. The lowest BCUT2D eigenvalue weighted by molar-refractivity contribution is -0.117. The van der Waals surface area contributed by atoms with Crippen LogP contribution in [0.2, 0.25) is 5.02 Å². The summed E-state index contributed by atoms with van der Waals surface area (Å²) in [6.07, 6.45) is 1.42. The standard InChI is InChI=1S/C19H18ClFN2O2/c1-22(12-15-16(20)4-2-5-17(15)21)19(25)13-7-9-14(10-8-13)23-11-3-6-18(23)24/h2,4-5,7-10H,3,6,11-12H2,1H3. The van der Waals surface area contributed by atoms with Gasteiger partial charge in [0.25, 0.3) is 5.91 Å². The number of benzene rings is 2. The highest BCUT2D eigenvalue weighted by Gasteiger charge is 2.22. The normalized spacial score (nSPS) is 14.0. The molecule has 6 heteroatoms. The number of carbonyl (C=O) groups excluding carboxylic acids is 2. The van der Waals surface area contributed by atoms with E-state index in [-0.39, 0.29) is 18.4 Å². The maximum Gasteiger partial charge on any atom is 0.253 e. The van der Waals surface area contributed by atoms with Crippen molar-refractivity contribution in [3.05, 3.63) is 64.4 Å². The fourth-order valence-electron chi connectivity index (χ4n) is 2.92. The van der Waals surface area contributed by atoms with Gasteiger partial charge in [-0.25, -0.2) is 4.39 Å². The van der Waals surface area contributed by atoms with Crippen molar-refractivity contribution in [2.45, 2.75) is 19.4 Å². The first-order valence-electron chi connectivity index (χ1n) is 8.06. The molecule has 0 unspecified atom stereocenters. The van der Waals surface area contributed by atoms with Crippen molar-refractivity contribution in [3.63, 3.8) is 0 Å². The zero-order chi connectivity index (χ0) is 18.0. The van der Waals surface area contributed by atoms with Crippen molar-refractivity contribution < 1.29 is 14.0 Å². The first-order chi connectivity index (χ1) is 12.0. The SMILES string of the molecule is CN(Cc1c(F)cccc1Cl)C(=O)c1ccc(N2CCCC2=O)cc1. The van der Waals surface area contributed by atoms with E-state index in [0.717, 1.165) is 12.1 Å². The third-order valence-electron chi connectivity index (χ3n) is 4.30. The van der Waals surface area contributed by atoms with Gasteiger partial charge in [0.15, 0.2) is 0 Å². The topological polar surface area (TPSA) is 40.6 Å². The molecule has 3 rings (SSSR count). The second-order valence-electron chi connectivity index (χ2n) is 6.06. The largest absolute Gasteiger partial charge is 0.337 e. The number of anilines is 1. The zero-order valence-electron chi connectivity index (χ0n) is 13.8. The number of hydrogen-bond donors (Lipinski definition) is 0. The number of halogens is 2. The zero-order valence-corrected chi connectivity index (χ0v) is 14.6. The monoisotopic (exact) mass is 360 g/mol. The molecule has 0 aromatic heterocycles. The Labute approximate surface area is 150 Å². The van der Waals surface area contributed by atoms with Crippen molar-refractivity contribution in [1.82, 2.24) is 4.90 Å². The third-order valence-corrected chi connectivity index (χ3v) is 4.66. The molecular weight excluding hydrogens is 343 g/mol. The van der Waals surface area contributed by atoms with E-state index in [1.54, 1.807) is 42.3 Å². The summed E-state index contributed by atoms with van der Waals surface area (Å²) < 4.78 is 13.9. The maximum atomic E-state index is 13.9. The average Bonchev–Trinajstić information content (AvgIpc) is 3.03. The van der Waals surface area contributed by atoms with Crippen molar-refractivity contribution >= 4 is 29.1 Å². The quantitative estimate of drug-likeness (QED) is 0.830. The van der Waals surface area contributed by atoms with Crippen LogP contribution in [0.4, 0.5) is 10.1 Å². The van der Waals surface area contributed by atoms with Crippen LogP contribution in [0.5, 0.6) is 0 Å². The average molecular weight is 361 g/mol. The van der Waals surface area contributed by atoms with E-state index in [1.165, 1.54) is 17.0 Å². The predicted molar refractivity (Wildman–Crippen MR) is 95.2 cm³/mol. The number of nitrogens with zero attached hydrogens (tertiary/aromatic N) is 2. The minimum atomic E-state index is -0.435. The Kier molecular flexibility index (Phi) is 5.04. The van der Waals surface area contributed by atoms with Crippen LogP contribution >= 0.6 is 11.6 Å². The summed E-state index contributed by atoms with van der Waals surface area (Å²) in [7, 11) is 1.60. The van der Waals surface area contributed by atoms with Gasteiger partial charge in [-0.05, 0) is 42.8 Å². The van der Waals surface area contributed by atoms with Gasteiger partial charge in [-0.1, -0.05) is 17.7 Å². The molecule has 1 fully saturated rings. The number of carbonyl (C=O) groups is 2. The van der Waals surface area contributed by atoms with Crippen LogP contribution in [-0.2, 0) is 11.3 Å². The molecule has 1 aliphatic rings. The van der Waals surface area contributed by atoms with E-state index < -0.39 is 5.82 Å². The van der Waals surface area contributed by atoms with Crippen LogP contribution in [0, 0.1) is 5.82 Å². The molecule has 2 aromatic carbocycles. The van der Waals surface area contributed by atoms with Crippen LogP contribution in [0.3, 0.4) is 0 Å². The fraction of sp³-hybridized carbons (Fsp3) is 0.263. The Morgan fingerprint density at radius 3 is 2.56 bits per heavy atom. The Hall–Kier alpha value is -2.40. The summed E-state index contributed by atoms with van der Waals surface area (Å²) >= 11 is 6.02. The molecule has 1 aliphatic heterocycles. The molecule has 0 atom stereocenters. The molecule has 130 valence electrons. The first-order valence-corrected chi connectivity index (χ1v) is 8.44. The van der Waals surface area contributed by atoms with Crippen LogP contribution < -0.4 is 4.90 Å². The highest BCUT2D eigenvalue weighted by Crippen LogP contribution is 2.23. The Morgan fingerprint density at radius 2 is 1.96 bits per heavy atom. The highest BCUT2D eigenvalue weighted by atomic mass is 35.5.